The molecule has 0 radical (unpaired) electrons. The van der Waals surface area contributed by atoms with E-state index in [-0.39, 0.29) is 37.1 Å². The lowest BCUT2D eigenvalue weighted by atomic mass is 10.1. The average molecular weight is 288 g/mol. The van der Waals surface area contributed by atoms with Gasteiger partial charge in [0.2, 0.25) is 0 Å². The Morgan fingerprint density at radius 2 is 1.76 bits per heavy atom. The lowest BCUT2D eigenvalue weighted by Crippen LogP contribution is -2.31. The summed E-state index contributed by atoms with van der Waals surface area (Å²) in [5.41, 5.74) is 1.07. The predicted octanol–water partition coefficient (Wildman–Crippen LogP) is 1.65. The van der Waals surface area contributed by atoms with Crippen LogP contribution in [0.1, 0.15) is 40.5 Å². The molecular weight excluding hydrogens is 272 g/mol. The maximum atomic E-state index is 12.0. The third kappa shape index (κ3) is 3.34. The topological polar surface area (TPSA) is 87.5 Å². The molecule has 1 N–H and O–H groups in total. The third-order valence-corrected chi connectivity index (χ3v) is 3.08. The van der Waals surface area contributed by atoms with E-state index in [0.717, 1.165) is 0 Å². The molecule has 6 nitrogen and oxygen atoms in total. The average Bonchev–Trinajstić information content (AvgIpc) is 2.68. The van der Waals surface area contributed by atoms with Gasteiger partial charge in [0.15, 0.2) is 0 Å². The molecule has 0 aliphatic carbocycles. The van der Waals surface area contributed by atoms with E-state index in [9.17, 15) is 14.4 Å². The number of nitrogens with zero attached hydrogens (tertiary/aromatic N) is 1. The molecule has 0 saturated heterocycles. The fraction of sp³-hybridized carbons (Fsp3) is 0.333. The Kier molecular flexibility index (Phi) is 4.47. The van der Waals surface area contributed by atoms with Crippen molar-refractivity contribution in [2.75, 3.05) is 13.2 Å². The van der Waals surface area contributed by atoms with Crippen molar-refractivity contribution in [3.05, 3.63) is 35.4 Å². The molecule has 0 fully saturated rings. The number of carbonyl (C=O) groups is 3. The Morgan fingerprint density at radius 1 is 1.19 bits per heavy atom. The monoisotopic (exact) mass is 288 g/mol. The molecule has 1 aliphatic rings. The quantitative estimate of drug-likeness (QED) is 0.373. The molecule has 1 heterocycles. The molecule has 0 spiro atoms. The molecule has 110 valence electrons. The minimum Gasteiger partial charge on any atom is -0.465 e. The van der Waals surface area contributed by atoms with Crippen molar-refractivity contribution >= 4 is 23.5 Å². The van der Waals surface area contributed by atoms with Gasteiger partial charge in [-0.25, -0.2) is 0 Å². The zero-order valence-corrected chi connectivity index (χ0v) is 11.7. The Labute approximate surface area is 122 Å². The van der Waals surface area contributed by atoms with E-state index in [4.69, 9.17) is 10.1 Å². The van der Waals surface area contributed by atoms with E-state index in [0.29, 0.717) is 17.5 Å². The van der Waals surface area contributed by atoms with Crippen LogP contribution in [-0.2, 0) is 9.53 Å². The summed E-state index contributed by atoms with van der Waals surface area (Å²) in [6.45, 7) is 1.86. The number of amides is 2. The number of hydrogen-bond donors (Lipinski definition) is 1. The van der Waals surface area contributed by atoms with Gasteiger partial charge in [-0.05, 0) is 25.5 Å². The fourth-order valence-corrected chi connectivity index (χ4v) is 2.12. The van der Waals surface area contributed by atoms with Crippen molar-refractivity contribution in [3.63, 3.8) is 0 Å². The van der Waals surface area contributed by atoms with Gasteiger partial charge in [0, 0.05) is 12.3 Å². The van der Waals surface area contributed by atoms with Crippen LogP contribution in [0.2, 0.25) is 0 Å². The minimum atomic E-state index is -0.468. The Bertz CT molecular complexity index is 574. The summed E-state index contributed by atoms with van der Waals surface area (Å²) >= 11 is 0. The van der Waals surface area contributed by atoms with Crippen molar-refractivity contribution in [3.8, 4) is 0 Å². The summed E-state index contributed by atoms with van der Waals surface area (Å²) in [6, 6.07) is 6.69. The highest BCUT2D eigenvalue weighted by Crippen LogP contribution is 2.22. The summed E-state index contributed by atoms with van der Waals surface area (Å²) in [7, 11) is 0. The standard InChI is InChI=1S/C15H16N2O4/c1-10(16)9-13(18)21-8-4-7-17-14(19)11-5-2-3-6-12(11)15(17)20/h2-3,5-6,16H,4,7-9H2,1H3. The van der Waals surface area contributed by atoms with Crippen molar-refractivity contribution in [1.29, 1.82) is 5.41 Å². The molecule has 1 aromatic rings. The number of benzene rings is 1. The van der Waals surface area contributed by atoms with Crippen LogP contribution in [0.25, 0.3) is 0 Å². The summed E-state index contributed by atoms with van der Waals surface area (Å²) in [5, 5.41) is 7.17. The van der Waals surface area contributed by atoms with Crippen molar-refractivity contribution in [2.24, 2.45) is 0 Å². The maximum Gasteiger partial charge on any atom is 0.311 e. The third-order valence-electron chi connectivity index (χ3n) is 3.08. The molecule has 2 rings (SSSR count). The SMILES string of the molecule is CC(=N)CC(=O)OCCCN1C(=O)c2ccccc2C1=O. The van der Waals surface area contributed by atoms with Gasteiger partial charge in [-0.3, -0.25) is 19.3 Å². The molecular formula is C15H16N2O4. The largest absolute Gasteiger partial charge is 0.465 e. The first kappa shape index (κ1) is 14.9. The van der Waals surface area contributed by atoms with Crippen LogP contribution in [0.15, 0.2) is 24.3 Å². The molecule has 6 heteroatoms. The number of nitrogens with one attached hydrogen (secondary N) is 1. The van der Waals surface area contributed by atoms with Crippen LogP contribution in [-0.4, -0.2) is 41.5 Å². The smallest absolute Gasteiger partial charge is 0.311 e. The zero-order valence-electron chi connectivity index (χ0n) is 11.7. The van der Waals surface area contributed by atoms with Gasteiger partial charge in [0.05, 0.1) is 24.2 Å². The molecule has 0 saturated carbocycles. The molecule has 2 amide bonds. The lowest BCUT2D eigenvalue weighted by Gasteiger charge is -2.13. The number of carbonyl (C=O) groups excluding carboxylic acids is 3. The summed E-state index contributed by atoms with van der Waals surface area (Å²) in [5.74, 6) is -1.08. The summed E-state index contributed by atoms with van der Waals surface area (Å²) < 4.78 is 4.93. The van der Waals surface area contributed by atoms with Gasteiger partial charge >= 0.3 is 5.97 Å². The first-order valence-corrected chi connectivity index (χ1v) is 6.65. The molecule has 0 bridgehead atoms. The van der Waals surface area contributed by atoms with Gasteiger partial charge in [0.1, 0.15) is 0 Å². The van der Waals surface area contributed by atoms with Crippen molar-refractivity contribution in [1.82, 2.24) is 4.90 Å². The van der Waals surface area contributed by atoms with E-state index >= 15 is 0 Å². The van der Waals surface area contributed by atoms with E-state index in [1.807, 2.05) is 0 Å². The van der Waals surface area contributed by atoms with Crippen LogP contribution in [0.4, 0.5) is 0 Å². The van der Waals surface area contributed by atoms with Crippen LogP contribution in [0.5, 0.6) is 0 Å². The first-order chi connectivity index (χ1) is 10.0. The molecule has 1 aliphatic heterocycles. The predicted molar refractivity (Wildman–Crippen MR) is 75.4 cm³/mol. The van der Waals surface area contributed by atoms with Gasteiger partial charge in [-0.15, -0.1) is 0 Å². The van der Waals surface area contributed by atoms with Gasteiger partial charge in [-0.1, -0.05) is 12.1 Å². The molecule has 0 atom stereocenters. The Hall–Kier alpha value is -2.50. The number of rotatable bonds is 6. The van der Waals surface area contributed by atoms with Crippen LogP contribution >= 0.6 is 0 Å². The number of ether oxygens (including phenoxy) is 1. The second-order valence-corrected chi connectivity index (χ2v) is 4.84. The van der Waals surface area contributed by atoms with Crippen molar-refractivity contribution < 1.29 is 19.1 Å². The normalized spacial score (nSPS) is 13.3. The Balaban J connectivity index is 1.83. The number of esters is 1. The van der Waals surface area contributed by atoms with Crippen LogP contribution in [0, 0.1) is 5.41 Å². The maximum absolute atomic E-state index is 12.0. The summed E-state index contributed by atoms with van der Waals surface area (Å²) in [4.78, 5) is 36.5. The minimum absolute atomic E-state index is 0.0347. The highest BCUT2D eigenvalue weighted by atomic mass is 16.5. The van der Waals surface area contributed by atoms with Crippen LogP contribution in [0.3, 0.4) is 0 Å². The van der Waals surface area contributed by atoms with E-state index in [1.54, 1.807) is 24.3 Å². The summed E-state index contributed by atoms with van der Waals surface area (Å²) in [6.07, 6.45) is 0.348. The van der Waals surface area contributed by atoms with Crippen molar-refractivity contribution in [2.45, 2.75) is 19.8 Å². The molecule has 21 heavy (non-hydrogen) atoms. The second-order valence-electron chi connectivity index (χ2n) is 4.84. The van der Waals surface area contributed by atoms with E-state index in [1.165, 1.54) is 11.8 Å². The fourth-order valence-electron chi connectivity index (χ4n) is 2.12. The van der Waals surface area contributed by atoms with Crippen LogP contribution < -0.4 is 0 Å². The number of imide groups is 1. The first-order valence-electron chi connectivity index (χ1n) is 6.65. The Morgan fingerprint density at radius 3 is 2.29 bits per heavy atom. The van der Waals surface area contributed by atoms with Gasteiger partial charge in [0.25, 0.3) is 11.8 Å². The number of fused-ring (bicyclic) bond motifs is 1. The van der Waals surface area contributed by atoms with Gasteiger partial charge in [-0.2, -0.15) is 0 Å². The number of hydrogen-bond acceptors (Lipinski definition) is 5. The lowest BCUT2D eigenvalue weighted by molar-refractivity contribution is -0.142. The molecule has 1 aromatic carbocycles. The highest BCUT2D eigenvalue weighted by molar-refractivity contribution is 6.21. The van der Waals surface area contributed by atoms with E-state index < -0.39 is 5.97 Å². The van der Waals surface area contributed by atoms with Gasteiger partial charge < -0.3 is 10.1 Å². The van der Waals surface area contributed by atoms with E-state index in [2.05, 4.69) is 0 Å². The highest BCUT2D eigenvalue weighted by Gasteiger charge is 2.34. The second kappa shape index (κ2) is 6.30. The molecule has 0 aromatic heterocycles. The molecule has 0 unspecified atom stereocenters. The zero-order chi connectivity index (χ0) is 15.4.